The number of ketones is 1. The predicted octanol–water partition coefficient (Wildman–Crippen LogP) is 3.13. The quantitative estimate of drug-likeness (QED) is 0.829. The summed E-state index contributed by atoms with van der Waals surface area (Å²) in [5.74, 6) is 0.987. The largest absolute Gasteiger partial charge is 0.298 e. The van der Waals surface area contributed by atoms with E-state index in [0.717, 1.165) is 24.8 Å². The minimum absolute atomic E-state index is 0.0998. The molecule has 1 aromatic rings. The molecule has 2 nitrogen and oxygen atoms in total. The second-order valence-electron chi connectivity index (χ2n) is 5.62. The minimum atomic E-state index is -0.980. The van der Waals surface area contributed by atoms with Gasteiger partial charge in [0, 0.05) is 22.5 Å². The summed E-state index contributed by atoms with van der Waals surface area (Å²) in [5.41, 5.74) is 1.02. The van der Waals surface area contributed by atoms with Crippen LogP contribution in [0.4, 0.5) is 0 Å². The van der Waals surface area contributed by atoms with Gasteiger partial charge in [0.25, 0.3) is 0 Å². The van der Waals surface area contributed by atoms with Crippen molar-refractivity contribution in [3.63, 3.8) is 0 Å². The number of hydrogen-bond acceptors (Lipinski definition) is 2. The van der Waals surface area contributed by atoms with E-state index < -0.39 is 10.8 Å². The summed E-state index contributed by atoms with van der Waals surface area (Å²) >= 11 is 0. The van der Waals surface area contributed by atoms with E-state index >= 15 is 0 Å². The van der Waals surface area contributed by atoms with E-state index in [1.807, 2.05) is 30.3 Å². The van der Waals surface area contributed by atoms with E-state index in [1.54, 1.807) is 0 Å². The topological polar surface area (TPSA) is 34.1 Å². The Balaban J connectivity index is 1.83. The molecule has 0 saturated heterocycles. The molecule has 1 aliphatic rings. The highest BCUT2D eigenvalue weighted by atomic mass is 32.2. The van der Waals surface area contributed by atoms with Crippen LogP contribution in [0.2, 0.25) is 0 Å². The molecule has 3 atom stereocenters. The van der Waals surface area contributed by atoms with Crippen LogP contribution < -0.4 is 0 Å². The zero-order chi connectivity index (χ0) is 13.7. The Bertz CT molecular complexity index is 441. The van der Waals surface area contributed by atoms with Gasteiger partial charge < -0.3 is 0 Å². The molecule has 0 aromatic heterocycles. The van der Waals surface area contributed by atoms with Gasteiger partial charge in [-0.3, -0.25) is 9.00 Å². The molecule has 0 N–H and O–H groups in total. The molecule has 0 amide bonds. The maximum Gasteiger partial charge on any atom is 0.149 e. The van der Waals surface area contributed by atoms with Gasteiger partial charge in [-0.2, -0.15) is 0 Å². The fourth-order valence-electron chi connectivity index (χ4n) is 2.77. The van der Waals surface area contributed by atoms with Gasteiger partial charge in [0.15, 0.2) is 0 Å². The molecule has 1 aliphatic carbocycles. The van der Waals surface area contributed by atoms with E-state index in [0.29, 0.717) is 12.3 Å². The molecule has 3 heteroatoms. The molecule has 104 valence electrons. The van der Waals surface area contributed by atoms with E-state index in [-0.39, 0.29) is 16.8 Å². The summed E-state index contributed by atoms with van der Waals surface area (Å²) in [6, 6.07) is 9.70. The fourth-order valence-corrected chi connectivity index (χ4v) is 4.40. The Morgan fingerprint density at radius 3 is 2.68 bits per heavy atom. The lowest BCUT2D eigenvalue weighted by molar-refractivity contribution is -0.116. The zero-order valence-corrected chi connectivity index (χ0v) is 12.3. The Hall–Kier alpha value is -0.960. The van der Waals surface area contributed by atoms with Crippen molar-refractivity contribution in [3.8, 4) is 0 Å². The SMILES string of the molecule is CC1CCCC(S(=O)CC(=O)Cc2ccccc2)C1. The van der Waals surface area contributed by atoms with Crippen molar-refractivity contribution in [3.05, 3.63) is 35.9 Å². The molecular formula is C16H22O2S. The minimum Gasteiger partial charge on any atom is -0.298 e. The van der Waals surface area contributed by atoms with Crippen LogP contribution in [0.5, 0.6) is 0 Å². The number of rotatable bonds is 5. The van der Waals surface area contributed by atoms with Gasteiger partial charge >= 0.3 is 0 Å². The van der Waals surface area contributed by atoms with E-state index in [4.69, 9.17) is 0 Å². The molecule has 2 rings (SSSR count). The average molecular weight is 278 g/mol. The summed E-state index contributed by atoms with van der Waals surface area (Å²) < 4.78 is 12.2. The Morgan fingerprint density at radius 1 is 1.26 bits per heavy atom. The van der Waals surface area contributed by atoms with Gasteiger partial charge in [-0.05, 0) is 24.3 Å². The molecule has 0 spiro atoms. The summed E-state index contributed by atoms with van der Waals surface area (Å²) in [7, 11) is -0.980. The van der Waals surface area contributed by atoms with Crippen LogP contribution in [0, 0.1) is 5.92 Å². The molecule has 0 radical (unpaired) electrons. The highest BCUT2D eigenvalue weighted by molar-refractivity contribution is 7.86. The van der Waals surface area contributed by atoms with Crippen molar-refractivity contribution in [2.45, 2.75) is 44.3 Å². The van der Waals surface area contributed by atoms with Gasteiger partial charge in [0.05, 0.1) is 5.75 Å². The predicted molar refractivity (Wildman–Crippen MR) is 79.6 cm³/mol. The van der Waals surface area contributed by atoms with Crippen molar-refractivity contribution in [1.82, 2.24) is 0 Å². The van der Waals surface area contributed by atoms with Gasteiger partial charge in [0.1, 0.15) is 5.78 Å². The smallest absolute Gasteiger partial charge is 0.149 e. The lowest BCUT2D eigenvalue weighted by atomic mass is 9.91. The second kappa shape index (κ2) is 6.99. The lowest BCUT2D eigenvalue weighted by Gasteiger charge is -2.25. The van der Waals surface area contributed by atoms with Crippen molar-refractivity contribution >= 4 is 16.6 Å². The Morgan fingerprint density at radius 2 is 2.00 bits per heavy atom. The summed E-state index contributed by atoms with van der Waals surface area (Å²) in [6.07, 6.45) is 4.85. The number of hydrogen-bond donors (Lipinski definition) is 0. The molecule has 0 aliphatic heterocycles. The van der Waals surface area contributed by atoms with Crippen molar-refractivity contribution in [2.24, 2.45) is 5.92 Å². The molecule has 1 fully saturated rings. The third kappa shape index (κ3) is 4.57. The number of carbonyl (C=O) groups is 1. The molecule has 1 aromatic carbocycles. The first-order chi connectivity index (χ1) is 9.15. The second-order valence-corrected chi connectivity index (χ2v) is 7.34. The van der Waals surface area contributed by atoms with Gasteiger partial charge in [-0.25, -0.2) is 0 Å². The van der Waals surface area contributed by atoms with Crippen LogP contribution in [0.3, 0.4) is 0 Å². The standard InChI is InChI=1S/C16H22O2S/c1-13-6-5-9-16(10-13)19(18)12-15(17)11-14-7-3-2-4-8-14/h2-4,7-8,13,16H,5-6,9-12H2,1H3. The van der Waals surface area contributed by atoms with Gasteiger partial charge in [-0.15, -0.1) is 0 Å². The van der Waals surface area contributed by atoms with Crippen LogP contribution in [0.1, 0.15) is 38.2 Å². The summed E-state index contributed by atoms with van der Waals surface area (Å²) in [5, 5.41) is 0.239. The van der Waals surface area contributed by atoms with Gasteiger partial charge in [0.2, 0.25) is 0 Å². The Kier molecular flexibility index (Phi) is 5.32. The molecule has 0 heterocycles. The lowest BCUT2D eigenvalue weighted by Crippen LogP contribution is -2.27. The third-order valence-corrected chi connectivity index (χ3v) is 5.59. The maximum absolute atomic E-state index is 12.2. The molecule has 19 heavy (non-hydrogen) atoms. The first kappa shape index (κ1) is 14.4. The summed E-state index contributed by atoms with van der Waals surface area (Å²) in [6.45, 7) is 2.22. The van der Waals surface area contributed by atoms with Crippen molar-refractivity contribution in [1.29, 1.82) is 0 Å². The number of Topliss-reactive ketones (excluding diaryl/α,β-unsaturated/α-hetero) is 1. The monoisotopic (exact) mass is 278 g/mol. The van der Waals surface area contributed by atoms with Crippen LogP contribution in [0.15, 0.2) is 30.3 Å². The van der Waals surface area contributed by atoms with Crippen LogP contribution in [-0.2, 0) is 22.0 Å². The normalized spacial score (nSPS) is 24.9. The highest BCUT2D eigenvalue weighted by Crippen LogP contribution is 2.27. The molecule has 0 bridgehead atoms. The van der Waals surface area contributed by atoms with Crippen LogP contribution >= 0.6 is 0 Å². The van der Waals surface area contributed by atoms with E-state index in [2.05, 4.69) is 6.92 Å². The van der Waals surface area contributed by atoms with Crippen LogP contribution in [-0.4, -0.2) is 21.0 Å². The number of benzene rings is 1. The highest BCUT2D eigenvalue weighted by Gasteiger charge is 2.25. The zero-order valence-electron chi connectivity index (χ0n) is 11.5. The molecule has 3 unspecified atom stereocenters. The Labute approximate surface area is 118 Å². The van der Waals surface area contributed by atoms with E-state index in [9.17, 15) is 9.00 Å². The number of carbonyl (C=O) groups excluding carboxylic acids is 1. The van der Waals surface area contributed by atoms with Gasteiger partial charge in [-0.1, -0.05) is 50.1 Å². The van der Waals surface area contributed by atoms with Crippen molar-refractivity contribution in [2.75, 3.05) is 5.75 Å². The maximum atomic E-state index is 12.2. The first-order valence-corrected chi connectivity index (χ1v) is 8.46. The summed E-state index contributed by atoms with van der Waals surface area (Å²) in [4.78, 5) is 12.0. The average Bonchev–Trinajstić information content (AvgIpc) is 2.39. The van der Waals surface area contributed by atoms with Crippen molar-refractivity contribution < 1.29 is 9.00 Å². The van der Waals surface area contributed by atoms with E-state index in [1.165, 1.54) is 6.42 Å². The molecular weight excluding hydrogens is 256 g/mol. The third-order valence-electron chi connectivity index (χ3n) is 3.81. The molecule has 1 saturated carbocycles. The fraction of sp³-hybridized carbons (Fsp3) is 0.562. The first-order valence-electron chi connectivity index (χ1n) is 7.08. The van der Waals surface area contributed by atoms with Crippen LogP contribution in [0.25, 0.3) is 0 Å².